The van der Waals surface area contributed by atoms with Gasteiger partial charge in [0.25, 0.3) is 0 Å². The van der Waals surface area contributed by atoms with Crippen LogP contribution in [0, 0.1) is 0 Å². The van der Waals surface area contributed by atoms with Crippen molar-refractivity contribution < 1.29 is 29.2 Å². The van der Waals surface area contributed by atoms with Crippen LogP contribution in [0.5, 0.6) is 0 Å². The SMILES string of the molecule is OCCOCC(OCCO)OCC1CO1. The van der Waals surface area contributed by atoms with Crippen LogP contribution in [-0.4, -0.2) is 68.9 Å². The molecule has 2 N–H and O–H groups in total. The third-order valence-corrected chi connectivity index (χ3v) is 1.75. The monoisotopic (exact) mass is 222 g/mol. The molecule has 6 heteroatoms. The van der Waals surface area contributed by atoms with Gasteiger partial charge in [-0.3, -0.25) is 0 Å². The zero-order valence-electron chi connectivity index (χ0n) is 8.63. The number of hydrogen-bond donors (Lipinski definition) is 2. The highest BCUT2D eigenvalue weighted by Gasteiger charge is 2.24. The van der Waals surface area contributed by atoms with Gasteiger partial charge in [-0.15, -0.1) is 0 Å². The molecule has 2 atom stereocenters. The van der Waals surface area contributed by atoms with Gasteiger partial charge in [0.1, 0.15) is 6.10 Å². The van der Waals surface area contributed by atoms with E-state index in [2.05, 4.69) is 0 Å². The number of rotatable bonds is 10. The largest absolute Gasteiger partial charge is 0.394 e. The minimum Gasteiger partial charge on any atom is -0.394 e. The number of hydrogen-bond acceptors (Lipinski definition) is 6. The molecule has 1 fully saturated rings. The fraction of sp³-hybridized carbons (Fsp3) is 1.00. The quantitative estimate of drug-likeness (QED) is 0.273. The molecule has 0 aromatic carbocycles. The Kier molecular flexibility index (Phi) is 6.82. The van der Waals surface area contributed by atoms with Crippen molar-refractivity contribution in [3.05, 3.63) is 0 Å². The summed E-state index contributed by atoms with van der Waals surface area (Å²) >= 11 is 0. The standard InChI is InChI=1S/C9H18O6/c10-1-3-12-7-9(13-4-2-11)15-6-8-5-14-8/h8-11H,1-7H2. The van der Waals surface area contributed by atoms with Gasteiger partial charge in [0.05, 0.1) is 46.2 Å². The Morgan fingerprint density at radius 2 is 1.93 bits per heavy atom. The lowest BCUT2D eigenvalue weighted by molar-refractivity contribution is -0.179. The first-order valence-corrected chi connectivity index (χ1v) is 5.01. The lowest BCUT2D eigenvalue weighted by atomic mass is 10.5. The molecule has 2 unspecified atom stereocenters. The summed E-state index contributed by atoms with van der Waals surface area (Å²) in [7, 11) is 0. The third kappa shape index (κ3) is 6.77. The van der Waals surface area contributed by atoms with E-state index in [0.29, 0.717) is 6.61 Å². The van der Waals surface area contributed by atoms with E-state index in [1.165, 1.54) is 0 Å². The predicted molar refractivity (Wildman–Crippen MR) is 50.4 cm³/mol. The molecule has 0 amide bonds. The van der Waals surface area contributed by atoms with Crippen LogP contribution in [0.15, 0.2) is 0 Å². The average Bonchev–Trinajstić information content (AvgIpc) is 3.05. The lowest BCUT2D eigenvalue weighted by Gasteiger charge is -2.17. The van der Waals surface area contributed by atoms with Gasteiger partial charge in [0, 0.05) is 0 Å². The molecule has 0 saturated carbocycles. The molecule has 1 aliphatic rings. The Morgan fingerprint density at radius 1 is 1.20 bits per heavy atom. The highest BCUT2D eigenvalue weighted by atomic mass is 16.7. The van der Waals surface area contributed by atoms with Crippen molar-refractivity contribution in [1.82, 2.24) is 0 Å². The zero-order chi connectivity index (χ0) is 10.9. The van der Waals surface area contributed by atoms with Crippen molar-refractivity contribution >= 4 is 0 Å². The number of aliphatic hydroxyl groups is 2. The highest BCUT2D eigenvalue weighted by molar-refractivity contribution is 4.67. The Bertz CT molecular complexity index is 150. The molecule has 1 rings (SSSR count). The molecular formula is C9H18O6. The Balaban J connectivity index is 2.05. The molecule has 1 heterocycles. The third-order valence-electron chi connectivity index (χ3n) is 1.75. The molecule has 0 aromatic heterocycles. The van der Waals surface area contributed by atoms with E-state index < -0.39 is 6.29 Å². The lowest BCUT2D eigenvalue weighted by Crippen LogP contribution is -2.27. The van der Waals surface area contributed by atoms with Gasteiger partial charge in [-0.1, -0.05) is 0 Å². The predicted octanol–water partition coefficient (Wildman–Crippen LogP) is -1.25. The van der Waals surface area contributed by atoms with Gasteiger partial charge < -0.3 is 29.2 Å². The van der Waals surface area contributed by atoms with Crippen molar-refractivity contribution in [2.45, 2.75) is 12.4 Å². The maximum absolute atomic E-state index is 8.59. The molecule has 6 nitrogen and oxygen atoms in total. The second-order valence-corrected chi connectivity index (χ2v) is 3.11. The van der Waals surface area contributed by atoms with Crippen LogP contribution in [0.2, 0.25) is 0 Å². The van der Waals surface area contributed by atoms with Crippen molar-refractivity contribution in [2.24, 2.45) is 0 Å². The summed E-state index contributed by atoms with van der Waals surface area (Å²) in [6, 6.07) is 0. The van der Waals surface area contributed by atoms with Crippen LogP contribution in [0.4, 0.5) is 0 Å². The topological polar surface area (TPSA) is 80.7 Å². The van der Waals surface area contributed by atoms with Gasteiger partial charge in [-0.05, 0) is 0 Å². The van der Waals surface area contributed by atoms with Crippen LogP contribution in [0.1, 0.15) is 0 Å². The number of epoxide rings is 1. The summed E-state index contributed by atoms with van der Waals surface area (Å²) in [6.45, 7) is 1.81. The molecule has 1 aliphatic heterocycles. The Morgan fingerprint density at radius 3 is 2.53 bits per heavy atom. The fourth-order valence-electron chi connectivity index (χ4n) is 0.952. The van der Waals surface area contributed by atoms with Crippen LogP contribution in [-0.2, 0) is 18.9 Å². The summed E-state index contributed by atoms with van der Waals surface area (Å²) in [5.74, 6) is 0. The molecular weight excluding hydrogens is 204 g/mol. The first-order valence-electron chi connectivity index (χ1n) is 5.01. The van der Waals surface area contributed by atoms with Crippen LogP contribution in [0.3, 0.4) is 0 Å². The second-order valence-electron chi connectivity index (χ2n) is 3.11. The van der Waals surface area contributed by atoms with E-state index in [1.807, 2.05) is 0 Å². The average molecular weight is 222 g/mol. The summed E-state index contributed by atoms with van der Waals surface area (Å²) in [4.78, 5) is 0. The summed E-state index contributed by atoms with van der Waals surface area (Å²) in [5.41, 5.74) is 0. The Hall–Kier alpha value is -0.240. The number of aliphatic hydroxyl groups excluding tert-OH is 2. The van der Waals surface area contributed by atoms with E-state index in [1.54, 1.807) is 0 Å². The van der Waals surface area contributed by atoms with E-state index in [-0.39, 0.29) is 39.1 Å². The fourth-order valence-corrected chi connectivity index (χ4v) is 0.952. The minimum absolute atomic E-state index is 0.0293. The second kappa shape index (κ2) is 7.98. The van der Waals surface area contributed by atoms with Gasteiger partial charge in [-0.25, -0.2) is 0 Å². The zero-order valence-corrected chi connectivity index (χ0v) is 8.63. The summed E-state index contributed by atoms with van der Waals surface area (Å²) in [5, 5.41) is 17.1. The molecule has 90 valence electrons. The van der Waals surface area contributed by atoms with Crippen LogP contribution in [0.25, 0.3) is 0 Å². The summed E-state index contributed by atoms with van der Waals surface area (Å²) < 4.78 is 20.6. The van der Waals surface area contributed by atoms with E-state index in [4.69, 9.17) is 29.2 Å². The molecule has 0 radical (unpaired) electrons. The maximum atomic E-state index is 8.59. The van der Waals surface area contributed by atoms with Crippen molar-refractivity contribution in [2.75, 3.05) is 46.2 Å². The van der Waals surface area contributed by atoms with Crippen molar-refractivity contribution in [3.63, 3.8) is 0 Å². The molecule has 0 spiro atoms. The highest BCUT2D eigenvalue weighted by Crippen LogP contribution is 2.10. The van der Waals surface area contributed by atoms with E-state index in [9.17, 15) is 0 Å². The molecule has 0 aromatic rings. The minimum atomic E-state index is -0.507. The first kappa shape index (κ1) is 12.8. The van der Waals surface area contributed by atoms with Crippen molar-refractivity contribution in [1.29, 1.82) is 0 Å². The van der Waals surface area contributed by atoms with Gasteiger partial charge in [0.15, 0.2) is 6.29 Å². The molecule has 1 saturated heterocycles. The summed E-state index contributed by atoms with van der Waals surface area (Å²) in [6.07, 6.45) is -0.337. The van der Waals surface area contributed by atoms with E-state index in [0.717, 1.165) is 6.61 Å². The van der Waals surface area contributed by atoms with Crippen LogP contribution < -0.4 is 0 Å². The van der Waals surface area contributed by atoms with Gasteiger partial charge in [-0.2, -0.15) is 0 Å². The molecule has 0 bridgehead atoms. The first-order chi connectivity index (χ1) is 7.36. The van der Waals surface area contributed by atoms with Gasteiger partial charge in [0.2, 0.25) is 0 Å². The molecule has 0 aliphatic carbocycles. The van der Waals surface area contributed by atoms with Crippen LogP contribution >= 0.6 is 0 Å². The van der Waals surface area contributed by atoms with Gasteiger partial charge >= 0.3 is 0 Å². The molecule has 15 heavy (non-hydrogen) atoms. The smallest absolute Gasteiger partial charge is 0.181 e. The maximum Gasteiger partial charge on any atom is 0.181 e. The normalized spacial score (nSPS) is 21.6. The number of ether oxygens (including phenoxy) is 4. The Labute approximate surface area is 88.7 Å². The van der Waals surface area contributed by atoms with E-state index >= 15 is 0 Å². The van der Waals surface area contributed by atoms with Crippen molar-refractivity contribution in [3.8, 4) is 0 Å².